The highest BCUT2D eigenvalue weighted by Crippen LogP contribution is 2.20. The van der Waals surface area contributed by atoms with Crippen LogP contribution >= 0.6 is 0 Å². The lowest BCUT2D eigenvalue weighted by Crippen LogP contribution is -2.04. The van der Waals surface area contributed by atoms with Gasteiger partial charge in [-0.15, -0.1) is 0 Å². The van der Waals surface area contributed by atoms with Crippen LogP contribution in [0.4, 0.5) is 5.69 Å². The molecule has 6 nitrogen and oxygen atoms in total. The minimum atomic E-state index is -4.22. The molecule has 0 unspecified atom stereocenters. The summed E-state index contributed by atoms with van der Waals surface area (Å²) in [7, 11) is -4.22. The Hall–Kier alpha value is -2.34. The summed E-state index contributed by atoms with van der Waals surface area (Å²) in [6.07, 6.45) is 1.10. The van der Waals surface area contributed by atoms with Gasteiger partial charge in [0.15, 0.2) is 0 Å². The predicted octanol–water partition coefficient (Wildman–Crippen LogP) is 3.97. The highest BCUT2D eigenvalue weighted by atomic mass is 32.2. The largest absolute Gasteiger partial charge is 0.294 e. The molecule has 2 aromatic carbocycles. The number of nitrogens with zero attached hydrogens (tertiary/aromatic N) is 3. The van der Waals surface area contributed by atoms with Gasteiger partial charge in [0, 0.05) is 10.6 Å². The molecule has 0 aliphatic rings. The Labute approximate surface area is 128 Å². The molecule has 1 N–H and O–H groups in total. The summed E-state index contributed by atoms with van der Waals surface area (Å²) in [5.41, 5.74) is 11.4. The standard InChI is InChI=1S/C15H15N3O3S/c1-11-2-9-15(22(19,20)21)13(10-11)6-3-12-4-7-14(8-5-12)17-18-16/h2,4-5,7-10H,3,6H2,1H3,(H,19,20,21). The molecular weight excluding hydrogens is 302 g/mol. The number of hydrogen-bond donors (Lipinski definition) is 1. The van der Waals surface area contributed by atoms with Crippen LogP contribution in [0.25, 0.3) is 10.4 Å². The summed E-state index contributed by atoms with van der Waals surface area (Å²) >= 11 is 0. The highest BCUT2D eigenvalue weighted by molar-refractivity contribution is 7.85. The first-order valence-corrected chi connectivity index (χ1v) is 8.05. The topological polar surface area (TPSA) is 103 Å². The van der Waals surface area contributed by atoms with Gasteiger partial charge in [-0.05, 0) is 42.5 Å². The van der Waals surface area contributed by atoms with Crippen molar-refractivity contribution in [2.45, 2.75) is 24.7 Å². The van der Waals surface area contributed by atoms with Gasteiger partial charge >= 0.3 is 0 Å². The molecule has 0 aliphatic carbocycles. The van der Waals surface area contributed by atoms with Crippen molar-refractivity contribution in [1.29, 1.82) is 0 Å². The van der Waals surface area contributed by atoms with Gasteiger partial charge in [-0.25, -0.2) is 0 Å². The van der Waals surface area contributed by atoms with Gasteiger partial charge in [0.05, 0.1) is 4.90 Å². The lowest BCUT2D eigenvalue weighted by molar-refractivity contribution is 0.482. The van der Waals surface area contributed by atoms with Crippen LogP contribution in [-0.2, 0) is 23.0 Å². The van der Waals surface area contributed by atoms with Crippen molar-refractivity contribution < 1.29 is 13.0 Å². The van der Waals surface area contributed by atoms with Gasteiger partial charge in [-0.3, -0.25) is 4.55 Å². The number of hydrogen-bond acceptors (Lipinski definition) is 3. The van der Waals surface area contributed by atoms with Crippen LogP contribution in [-0.4, -0.2) is 13.0 Å². The minimum absolute atomic E-state index is 0.0520. The summed E-state index contributed by atoms with van der Waals surface area (Å²) < 4.78 is 32.1. The van der Waals surface area contributed by atoms with Crippen molar-refractivity contribution in [2.24, 2.45) is 5.11 Å². The predicted molar refractivity (Wildman–Crippen MR) is 83.6 cm³/mol. The summed E-state index contributed by atoms with van der Waals surface area (Å²) in [5.74, 6) is 0. The average molecular weight is 317 g/mol. The molecule has 114 valence electrons. The second kappa shape index (κ2) is 6.62. The molecule has 2 aromatic rings. The fourth-order valence-electron chi connectivity index (χ4n) is 2.22. The fraction of sp³-hybridized carbons (Fsp3) is 0.200. The lowest BCUT2D eigenvalue weighted by Gasteiger charge is -2.08. The molecule has 0 fully saturated rings. The van der Waals surface area contributed by atoms with Crippen molar-refractivity contribution in [3.63, 3.8) is 0 Å². The van der Waals surface area contributed by atoms with Gasteiger partial charge < -0.3 is 0 Å². The maximum absolute atomic E-state index is 11.4. The van der Waals surface area contributed by atoms with Crippen LogP contribution in [0.1, 0.15) is 16.7 Å². The first kappa shape index (κ1) is 16.0. The lowest BCUT2D eigenvalue weighted by atomic mass is 10.0. The van der Waals surface area contributed by atoms with E-state index in [0.717, 1.165) is 11.1 Å². The van der Waals surface area contributed by atoms with E-state index in [2.05, 4.69) is 10.0 Å². The number of aryl methyl sites for hydroxylation is 3. The van der Waals surface area contributed by atoms with Crippen LogP contribution in [0, 0.1) is 6.92 Å². The minimum Gasteiger partial charge on any atom is -0.282 e. The molecule has 0 aliphatic heterocycles. The van der Waals surface area contributed by atoms with Crippen molar-refractivity contribution in [3.05, 3.63) is 69.6 Å². The Morgan fingerprint density at radius 1 is 1.14 bits per heavy atom. The summed E-state index contributed by atoms with van der Waals surface area (Å²) in [6, 6.07) is 11.9. The maximum Gasteiger partial charge on any atom is 0.294 e. The summed E-state index contributed by atoms with van der Waals surface area (Å²) in [6.45, 7) is 1.87. The molecule has 0 saturated heterocycles. The summed E-state index contributed by atoms with van der Waals surface area (Å²) in [4.78, 5) is 2.66. The van der Waals surface area contributed by atoms with Gasteiger partial charge in [0.25, 0.3) is 10.1 Å². The van der Waals surface area contributed by atoms with E-state index < -0.39 is 10.1 Å². The molecule has 2 rings (SSSR count). The van der Waals surface area contributed by atoms with E-state index in [-0.39, 0.29) is 4.90 Å². The molecule has 0 bridgehead atoms. The Balaban J connectivity index is 2.21. The summed E-state index contributed by atoms with van der Waals surface area (Å²) in [5, 5.41) is 3.49. The van der Waals surface area contributed by atoms with Crippen LogP contribution in [0.15, 0.2) is 52.5 Å². The third-order valence-electron chi connectivity index (χ3n) is 3.27. The van der Waals surface area contributed by atoms with E-state index in [1.807, 2.05) is 19.1 Å². The maximum atomic E-state index is 11.4. The Bertz CT molecular complexity index is 824. The number of rotatable bonds is 5. The second-order valence-electron chi connectivity index (χ2n) is 4.94. The van der Waals surface area contributed by atoms with Crippen LogP contribution in [0.5, 0.6) is 0 Å². The molecule has 7 heteroatoms. The van der Waals surface area contributed by atoms with Crippen LogP contribution in [0.2, 0.25) is 0 Å². The molecule has 0 aromatic heterocycles. The molecular formula is C15H15N3O3S. The first-order valence-electron chi connectivity index (χ1n) is 6.61. The van der Waals surface area contributed by atoms with Gasteiger partial charge in [0.2, 0.25) is 0 Å². The van der Waals surface area contributed by atoms with Gasteiger partial charge in [0.1, 0.15) is 0 Å². The normalized spacial score (nSPS) is 11.0. The smallest absolute Gasteiger partial charge is 0.282 e. The van der Waals surface area contributed by atoms with Gasteiger partial charge in [-0.2, -0.15) is 8.42 Å². The third kappa shape index (κ3) is 4.08. The Kier molecular flexibility index (Phi) is 4.82. The van der Waals surface area contributed by atoms with Crippen molar-refractivity contribution in [3.8, 4) is 0 Å². The molecule has 22 heavy (non-hydrogen) atoms. The average Bonchev–Trinajstić information content (AvgIpc) is 2.45. The number of azide groups is 1. The zero-order valence-corrected chi connectivity index (χ0v) is 12.8. The quantitative estimate of drug-likeness (QED) is 0.390. The Morgan fingerprint density at radius 2 is 1.82 bits per heavy atom. The SMILES string of the molecule is Cc1ccc(S(=O)(=O)O)c(CCc2ccc(N=[N+]=[N-])cc2)c1. The molecule has 0 atom stereocenters. The highest BCUT2D eigenvalue weighted by Gasteiger charge is 2.15. The third-order valence-corrected chi connectivity index (χ3v) is 4.23. The first-order chi connectivity index (χ1) is 10.4. The molecule has 0 radical (unpaired) electrons. The van der Waals surface area contributed by atoms with Crippen molar-refractivity contribution in [2.75, 3.05) is 0 Å². The van der Waals surface area contributed by atoms with Crippen LogP contribution < -0.4 is 0 Å². The van der Waals surface area contributed by atoms with E-state index in [0.29, 0.717) is 24.1 Å². The molecule has 0 saturated carbocycles. The second-order valence-corrected chi connectivity index (χ2v) is 6.33. The number of benzene rings is 2. The fourth-order valence-corrected chi connectivity index (χ4v) is 2.95. The monoisotopic (exact) mass is 317 g/mol. The molecule has 0 spiro atoms. The van der Waals surface area contributed by atoms with Crippen molar-refractivity contribution in [1.82, 2.24) is 0 Å². The molecule has 0 amide bonds. The van der Waals surface area contributed by atoms with E-state index in [1.165, 1.54) is 6.07 Å². The molecule has 0 heterocycles. The van der Waals surface area contributed by atoms with E-state index >= 15 is 0 Å². The van der Waals surface area contributed by atoms with E-state index in [4.69, 9.17) is 5.53 Å². The Morgan fingerprint density at radius 3 is 2.41 bits per heavy atom. The van der Waals surface area contributed by atoms with Crippen molar-refractivity contribution >= 4 is 15.8 Å². The zero-order chi connectivity index (χ0) is 16.2. The zero-order valence-electron chi connectivity index (χ0n) is 12.0. The van der Waals surface area contributed by atoms with E-state index in [1.54, 1.807) is 24.3 Å². The van der Waals surface area contributed by atoms with Crippen LogP contribution in [0.3, 0.4) is 0 Å². The van der Waals surface area contributed by atoms with E-state index in [9.17, 15) is 13.0 Å². The van der Waals surface area contributed by atoms with Gasteiger partial charge in [-0.1, -0.05) is 47.1 Å².